The van der Waals surface area contributed by atoms with E-state index in [1.54, 1.807) is 31.2 Å². The molecule has 0 spiro atoms. The van der Waals surface area contributed by atoms with Gasteiger partial charge in [0.05, 0.1) is 6.10 Å². The molecule has 0 bridgehead atoms. The quantitative estimate of drug-likeness (QED) is 0.698. The number of para-hydroxylation sites is 1. The van der Waals surface area contributed by atoms with Gasteiger partial charge in [-0.25, -0.2) is 4.79 Å². The fourth-order valence-electron chi connectivity index (χ4n) is 1.98. The number of carboxylic acids is 1. The minimum atomic E-state index is -1.62. The summed E-state index contributed by atoms with van der Waals surface area (Å²) in [5, 5.41) is 9.51. The van der Waals surface area contributed by atoms with Crippen LogP contribution in [0, 0.1) is 0 Å². The number of ether oxygens (including phenoxy) is 2. The van der Waals surface area contributed by atoms with Crippen LogP contribution < -0.4 is 4.74 Å². The van der Waals surface area contributed by atoms with Crippen LogP contribution in [0.1, 0.15) is 46.5 Å². The largest absolute Gasteiger partial charge is 0.476 e. The van der Waals surface area contributed by atoms with Crippen molar-refractivity contribution in [3.8, 4) is 5.75 Å². The van der Waals surface area contributed by atoms with E-state index in [4.69, 9.17) is 9.47 Å². The molecular formula is C16H24O4. The minimum Gasteiger partial charge on any atom is -0.476 e. The van der Waals surface area contributed by atoms with Crippen molar-refractivity contribution in [1.82, 2.24) is 0 Å². The SMILES string of the molecule is CCCCC(C)OC(CC)(Oc1ccccc1)C(=O)O. The van der Waals surface area contributed by atoms with E-state index >= 15 is 0 Å². The van der Waals surface area contributed by atoms with Crippen LogP contribution in [0.25, 0.3) is 0 Å². The second-order valence-corrected chi connectivity index (χ2v) is 4.90. The van der Waals surface area contributed by atoms with Crippen LogP contribution in [0.3, 0.4) is 0 Å². The second-order valence-electron chi connectivity index (χ2n) is 4.90. The van der Waals surface area contributed by atoms with Crippen LogP contribution in [0.2, 0.25) is 0 Å². The van der Waals surface area contributed by atoms with Crippen molar-refractivity contribution in [3.05, 3.63) is 30.3 Å². The maximum Gasteiger partial charge on any atom is 0.377 e. The van der Waals surface area contributed by atoms with E-state index in [0.29, 0.717) is 5.75 Å². The normalized spacial score (nSPS) is 15.3. The molecule has 0 amide bonds. The van der Waals surface area contributed by atoms with Gasteiger partial charge in [-0.15, -0.1) is 0 Å². The topological polar surface area (TPSA) is 55.8 Å². The molecule has 1 aromatic rings. The summed E-state index contributed by atoms with van der Waals surface area (Å²) >= 11 is 0. The lowest BCUT2D eigenvalue weighted by Crippen LogP contribution is -2.48. The van der Waals surface area contributed by atoms with Crippen LogP contribution in [0.4, 0.5) is 0 Å². The summed E-state index contributed by atoms with van der Waals surface area (Å²) in [7, 11) is 0. The zero-order valence-electron chi connectivity index (χ0n) is 12.5. The first-order valence-electron chi connectivity index (χ1n) is 7.19. The Bertz CT molecular complexity index is 404. The van der Waals surface area contributed by atoms with Gasteiger partial charge in [0.2, 0.25) is 0 Å². The first kappa shape index (κ1) is 16.5. The van der Waals surface area contributed by atoms with Crippen LogP contribution in [-0.2, 0) is 9.53 Å². The molecule has 0 radical (unpaired) electrons. The highest BCUT2D eigenvalue weighted by atomic mass is 16.7. The van der Waals surface area contributed by atoms with Gasteiger partial charge in [-0.05, 0) is 25.5 Å². The number of carboxylic acid groups (broad SMARTS) is 1. The highest BCUT2D eigenvalue weighted by Crippen LogP contribution is 2.25. The number of carbonyl (C=O) groups is 1. The van der Waals surface area contributed by atoms with Crippen molar-refractivity contribution in [2.45, 2.75) is 58.3 Å². The monoisotopic (exact) mass is 280 g/mol. The first-order valence-corrected chi connectivity index (χ1v) is 7.19. The Morgan fingerprint density at radius 3 is 2.45 bits per heavy atom. The second kappa shape index (κ2) is 7.90. The lowest BCUT2D eigenvalue weighted by molar-refractivity contribution is -0.227. The van der Waals surface area contributed by atoms with E-state index in [-0.39, 0.29) is 12.5 Å². The highest BCUT2D eigenvalue weighted by molar-refractivity contribution is 5.76. The lowest BCUT2D eigenvalue weighted by atomic mass is 10.1. The van der Waals surface area contributed by atoms with Crippen molar-refractivity contribution in [3.63, 3.8) is 0 Å². The van der Waals surface area contributed by atoms with Gasteiger partial charge in [0.15, 0.2) is 0 Å². The van der Waals surface area contributed by atoms with Crippen LogP contribution in [0.5, 0.6) is 5.75 Å². The molecule has 0 aliphatic rings. The summed E-state index contributed by atoms with van der Waals surface area (Å²) < 4.78 is 11.4. The third-order valence-corrected chi connectivity index (χ3v) is 3.17. The Labute approximate surface area is 120 Å². The molecule has 0 aliphatic heterocycles. The van der Waals surface area contributed by atoms with Gasteiger partial charge in [-0.2, -0.15) is 0 Å². The molecule has 4 nitrogen and oxygen atoms in total. The van der Waals surface area contributed by atoms with Crippen molar-refractivity contribution in [2.24, 2.45) is 0 Å². The molecule has 0 heterocycles. The molecule has 4 heteroatoms. The number of rotatable bonds is 9. The number of hydrogen-bond acceptors (Lipinski definition) is 3. The third-order valence-electron chi connectivity index (χ3n) is 3.17. The Hall–Kier alpha value is -1.55. The van der Waals surface area contributed by atoms with E-state index < -0.39 is 11.8 Å². The summed E-state index contributed by atoms with van der Waals surface area (Å²) in [6.07, 6.45) is 2.97. The van der Waals surface area contributed by atoms with E-state index in [9.17, 15) is 9.90 Å². The van der Waals surface area contributed by atoms with E-state index in [2.05, 4.69) is 6.92 Å². The summed E-state index contributed by atoms with van der Waals surface area (Å²) in [5.41, 5.74) is 0. The van der Waals surface area contributed by atoms with E-state index in [1.807, 2.05) is 13.0 Å². The molecule has 0 saturated heterocycles. The van der Waals surface area contributed by atoms with Crippen molar-refractivity contribution >= 4 is 5.97 Å². The summed E-state index contributed by atoms with van der Waals surface area (Å²) in [6.45, 7) is 5.73. The van der Waals surface area contributed by atoms with Gasteiger partial charge in [0, 0.05) is 6.42 Å². The molecular weight excluding hydrogens is 256 g/mol. The molecule has 1 N–H and O–H groups in total. The summed E-state index contributed by atoms with van der Waals surface area (Å²) in [5.74, 6) is -2.21. The van der Waals surface area contributed by atoms with Gasteiger partial charge < -0.3 is 14.6 Å². The molecule has 2 unspecified atom stereocenters. The van der Waals surface area contributed by atoms with Crippen LogP contribution >= 0.6 is 0 Å². The molecule has 112 valence electrons. The predicted molar refractivity (Wildman–Crippen MR) is 77.8 cm³/mol. The molecule has 0 aliphatic carbocycles. The summed E-state index contributed by atoms with van der Waals surface area (Å²) in [4.78, 5) is 11.6. The molecule has 2 atom stereocenters. The molecule has 0 fully saturated rings. The van der Waals surface area contributed by atoms with Gasteiger partial charge in [0.1, 0.15) is 5.75 Å². The lowest BCUT2D eigenvalue weighted by Gasteiger charge is -2.32. The number of benzene rings is 1. The van der Waals surface area contributed by atoms with E-state index in [0.717, 1.165) is 19.3 Å². The zero-order chi connectivity index (χ0) is 15.0. The van der Waals surface area contributed by atoms with Crippen molar-refractivity contribution in [1.29, 1.82) is 0 Å². The first-order chi connectivity index (χ1) is 9.54. The smallest absolute Gasteiger partial charge is 0.377 e. The molecule has 1 aromatic carbocycles. The zero-order valence-corrected chi connectivity index (χ0v) is 12.5. The Morgan fingerprint density at radius 2 is 1.95 bits per heavy atom. The maximum absolute atomic E-state index is 11.6. The van der Waals surface area contributed by atoms with Crippen molar-refractivity contribution in [2.75, 3.05) is 0 Å². The predicted octanol–water partition coefficient (Wildman–Crippen LogP) is 3.85. The number of aliphatic carboxylic acids is 1. The van der Waals surface area contributed by atoms with Gasteiger partial charge in [-0.1, -0.05) is 44.9 Å². The standard InChI is InChI=1S/C16H24O4/c1-4-6-10-13(3)19-16(5-2,15(17)18)20-14-11-8-7-9-12-14/h7-9,11-13H,4-6,10H2,1-3H3,(H,17,18). The fourth-order valence-corrected chi connectivity index (χ4v) is 1.98. The maximum atomic E-state index is 11.6. The molecule has 0 saturated carbocycles. The van der Waals surface area contributed by atoms with Crippen LogP contribution in [-0.4, -0.2) is 23.0 Å². The highest BCUT2D eigenvalue weighted by Gasteiger charge is 2.42. The van der Waals surface area contributed by atoms with Gasteiger partial charge >= 0.3 is 11.8 Å². The fraction of sp³-hybridized carbons (Fsp3) is 0.562. The average molecular weight is 280 g/mol. The number of hydrogen-bond donors (Lipinski definition) is 1. The Morgan fingerprint density at radius 1 is 1.30 bits per heavy atom. The average Bonchev–Trinajstić information content (AvgIpc) is 2.45. The Kier molecular flexibility index (Phi) is 6.52. The Balaban J connectivity index is 2.83. The minimum absolute atomic E-state index is 0.158. The summed E-state index contributed by atoms with van der Waals surface area (Å²) in [6, 6.07) is 8.92. The van der Waals surface area contributed by atoms with E-state index in [1.165, 1.54) is 0 Å². The van der Waals surface area contributed by atoms with Crippen LogP contribution in [0.15, 0.2) is 30.3 Å². The van der Waals surface area contributed by atoms with Gasteiger partial charge in [-0.3, -0.25) is 0 Å². The molecule has 0 aromatic heterocycles. The molecule has 1 rings (SSSR count). The molecule has 20 heavy (non-hydrogen) atoms. The third kappa shape index (κ3) is 4.53. The van der Waals surface area contributed by atoms with Gasteiger partial charge in [0.25, 0.3) is 0 Å². The van der Waals surface area contributed by atoms with Crippen molar-refractivity contribution < 1.29 is 19.4 Å². The number of unbranched alkanes of at least 4 members (excludes halogenated alkanes) is 1.